The molecule has 0 saturated heterocycles. The van der Waals surface area contributed by atoms with Crippen molar-refractivity contribution in [2.24, 2.45) is 16.8 Å². The van der Waals surface area contributed by atoms with Gasteiger partial charge in [-0.2, -0.15) is 5.10 Å². The monoisotopic (exact) mass is 223 g/mol. The van der Waals surface area contributed by atoms with Crippen molar-refractivity contribution in [3.8, 4) is 0 Å². The molecular weight excluding hydrogens is 206 g/mol. The molecule has 6 nitrogen and oxygen atoms in total. The molecule has 0 aliphatic carbocycles. The van der Waals surface area contributed by atoms with Gasteiger partial charge in [0.05, 0.1) is 11.8 Å². The molecule has 0 aromatic carbocycles. The molecule has 6 heteroatoms. The Morgan fingerprint density at radius 2 is 2.31 bits per heavy atom. The van der Waals surface area contributed by atoms with Crippen molar-refractivity contribution in [2.45, 2.75) is 13.8 Å². The minimum absolute atomic E-state index is 0.0421. The highest BCUT2D eigenvalue weighted by Crippen LogP contribution is 2.15. The van der Waals surface area contributed by atoms with Gasteiger partial charge in [0.25, 0.3) is 0 Å². The lowest BCUT2D eigenvalue weighted by atomic mass is 10.2. The lowest BCUT2D eigenvalue weighted by molar-refractivity contribution is 0.318. The zero-order chi connectivity index (χ0) is 12.1. The number of amidine groups is 1. The van der Waals surface area contributed by atoms with E-state index in [-0.39, 0.29) is 5.84 Å². The van der Waals surface area contributed by atoms with Gasteiger partial charge in [-0.1, -0.05) is 19.0 Å². The quantitative estimate of drug-likeness (QED) is 0.339. The largest absolute Gasteiger partial charge is 0.409 e. The van der Waals surface area contributed by atoms with E-state index in [2.05, 4.69) is 29.2 Å². The van der Waals surface area contributed by atoms with E-state index in [1.54, 1.807) is 6.07 Å². The third-order valence-corrected chi connectivity index (χ3v) is 2.09. The predicted octanol–water partition coefficient (Wildman–Crippen LogP) is 0.663. The Kier molecular flexibility index (Phi) is 4.04. The van der Waals surface area contributed by atoms with E-state index >= 15 is 0 Å². The Bertz CT molecular complexity index is 377. The normalized spacial score (nSPS) is 11.9. The third kappa shape index (κ3) is 2.82. The second kappa shape index (κ2) is 5.29. The van der Waals surface area contributed by atoms with E-state index in [0.29, 0.717) is 17.3 Å². The summed E-state index contributed by atoms with van der Waals surface area (Å²) in [5, 5.41) is 19.5. The van der Waals surface area contributed by atoms with E-state index in [9.17, 15) is 0 Å². The number of hydrogen-bond acceptors (Lipinski definition) is 5. The minimum atomic E-state index is 0.0421. The van der Waals surface area contributed by atoms with Gasteiger partial charge < -0.3 is 15.8 Å². The van der Waals surface area contributed by atoms with Crippen LogP contribution in [0.3, 0.4) is 0 Å². The summed E-state index contributed by atoms with van der Waals surface area (Å²) >= 11 is 0. The van der Waals surface area contributed by atoms with Crippen LogP contribution in [0, 0.1) is 5.92 Å². The number of hydrogen-bond donors (Lipinski definition) is 2. The van der Waals surface area contributed by atoms with Gasteiger partial charge >= 0.3 is 0 Å². The van der Waals surface area contributed by atoms with Crippen LogP contribution in [0.4, 0.5) is 5.82 Å². The molecule has 16 heavy (non-hydrogen) atoms. The second-order valence-corrected chi connectivity index (χ2v) is 4.03. The number of nitrogens with two attached hydrogens (primary N) is 1. The van der Waals surface area contributed by atoms with E-state index in [1.807, 2.05) is 11.9 Å². The van der Waals surface area contributed by atoms with Crippen LogP contribution in [-0.2, 0) is 0 Å². The Labute approximate surface area is 94.8 Å². The summed E-state index contributed by atoms with van der Waals surface area (Å²) in [6, 6.07) is 1.67. The fourth-order valence-electron chi connectivity index (χ4n) is 1.49. The van der Waals surface area contributed by atoms with E-state index in [1.165, 1.54) is 6.20 Å². The molecule has 0 bridgehead atoms. The predicted molar refractivity (Wildman–Crippen MR) is 62.7 cm³/mol. The number of rotatable bonds is 4. The van der Waals surface area contributed by atoms with Crippen LogP contribution in [0.1, 0.15) is 19.4 Å². The molecule has 0 fully saturated rings. The molecule has 0 amide bonds. The first kappa shape index (κ1) is 12.2. The molecule has 0 aliphatic heterocycles. The standard InChI is InChI=1S/C10H17N5O/c1-7(2)6-15(3)10-8(9(11)14-16)4-5-12-13-10/h4-5,7,16H,6H2,1-3H3,(H2,11,14). The van der Waals surface area contributed by atoms with E-state index in [0.717, 1.165) is 6.54 Å². The van der Waals surface area contributed by atoms with Crippen molar-refractivity contribution in [3.63, 3.8) is 0 Å². The zero-order valence-electron chi connectivity index (χ0n) is 9.75. The van der Waals surface area contributed by atoms with E-state index < -0.39 is 0 Å². The lowest BCUT2D eigenvalue weighted by Crippen LogP contribution is -2.27. The molecule has 0 atom stereocenters. The van der Waals surface area contributed by atoms with Crippen molar-refractivity contribution in [1.29, 1.82) is 0 Å². The average Bonchev–Trinajstić information content (AvgIpc) is 2.27. The average molecular weight is 223 g/mol. The van der Waals surface area contributed by atoms with Gasteiger partial charge in [0, 0.05) is 13.6 Å². The van der Waals surface area contributed by atoms with Crippen molar-refractivity contribution < 1.29 is 5.21 Å². The Hall–Kier alpha value is -1.85. The molecule has 0 radical (unpaired) electrons. The third-order valence-electron chi connectivity index (χ3n) is 2.09. The molecule has 1 aromatic heterocycles. The maximum atomic E-state index is 8.67. The first-order valence-electron chi connectivity index (χ1n) is 5.07. The molecule has 1 heterocycles. The summed E-state index contributed by atoms with van der Waals surface area (Å²) < 4.78 is 0. The van der Waals surface area contributed by atoms with Crippen LogP contribution in [-0.4, -0.2) is 34.8 Å². The molecule has 0 aliphatic rings. The summed E-state index contributed by atoms with van der Waals surface area (Å²) in [6.45, 7) is 5.04. The topological polar surface area (TPSA) is 87.6 Å². The first-order valence-corrected chi connectivity index (χ1v) is 5.07. The summed E-state index contributed by atoms with van der Waals surface area (Å²) in [6.07, 6.45) is 1.51. The summed E-state index contributed by atoms with van der Waals surface area (Å²) in [4.78, 5) is 1.94. The van der Waals surface area contributed by atoms with Gasteiger partial charge in [0.15, 0.2) is 11.7 Å². The molecule has 3 N–H and O–H groups in total. The molecule has 0 unspecified atom stereocenters. The Morgan fingerprint density at radius 1 is 1.62 bits per heavy atom. The first-order chi connectivity index (χ1) is 7.56. The van der Waals surface area contributed by atoms with Crippen molar-refractivity contribution in [1.82, 2.24) is 10.2 Å². The molecule has 0 saturated carbocycles. The minimum Gasteiger partial charge on any atom is -0.409 e. The lowest BCUT2D eigenvalue weighted by Gasteiger charge is -2.21. The molecule has 88 valence electrons. The number of aromatic nitrogens is 2. The van der Waals surface area contributed by atoms with Crippen LogP contribution in [0.25, 0.3) is 0 Å². The number of oxime groups is 1. The SMILES string of the molecule is CC(C)CN(C)c1nnccc1/C(N)=N/O. The fourth-order valence-corrected chi connectivity index (χ4v) is 1.49. The highest BCUT2D eigenvalue weighted by molar-refractivity contribution is 6.01. The van der Waals surface area contributed by atoms with Crippen LogP contribution in [0.2, 0.25) is 0 Å². The van der Waals surface area contributed by atoms with Gasteiger partial charge in [0.2, 0.25) is 0 Å². The van der Waals surface area contributed by atoms with E-state index in [4.69, 9.17) is 10.9 Å². The van der Waals surface area contributed by atoms with Crippen molar-refractivity contribution in [3.05, 3.63) is 17.8 Å². The Morgan fingerprint density at radius 3 is 2.88 bits per heavy atom. The molecule has 1 rings (SSSR count). The van der Waals surface area contributed by atoms with Gasteiger partial charge in [-0.25, -0.2) is 0 Å². The van der Waals surface area contributed by atoms with Crippen LogP contribution in [0.15, 0.2) is 17.4 Å². The molecule has 0 spiro atoms. The highest BCUT2D eigenvalue weighted by Gasteiger charge is 2.13. The van der Waals surface area contributed by atoms with Crippen molar-refractivity contribution >= 4 is 11.7 Å². The number of nitrogens with zero attached hydrogens (tertiary/aromatic N) is 4. The second-order valence-electron chi connectivity index (χ2n) is 4.03. The summed E-state index contributed by atoms with van der Waals surface area (Å²) in [5.41, 5.74) is 6.15. The van der Waals surface area contributed by atoms with Crippen LogP contribution in [0.5, 0.6) is 0 Å². The Balaban J connectivity index is 3.03. The smallest absolute Gasteiger partial charge is 0.173 e. The molecule has 1 aromatic rings. The van der Waals surface area contributed by atoms with Gasteiger partial charge in [-0.3, -0.25) is 0 Å². The van der Waals surface area contributed by atoms with Crippen LogP contribution >= 0.6 is 0 Å². The summed E-state index contributed by atoms with van der Waals surface area (Å²) in [7, 11) is 1.90. The molecular formula is C10H17N5O. The van der Waals surface area contributed by atoms with Gasteiger partial charge in [0.1, 0.15) is 0 Å². The highest BCUT2D eigenvalue weighted by atomic mass is 16.4. The van der Waals surface area contributed by atoms with Crippen molar-refractivity contribution in [2.75, 3.05) is 18.5 Å². The van der Waals surface area contributed by atoms with Gasteiger partial charge in [-0.15, -0.1) is 5.10 Å². The fraction of sp³-hybridized carbons (Fsp3) is 0.500. The maximum Gasteiger partial charge on any atom is 0.173 e. The summed E-state index contributed by atoms with van der Waals surface area (Å²) in [5.74, 6) is 1.15. The number of anilines is 1. The zero-order valence-corrected chi connectivity index (χ0v) is 9.75. The maximum absolute atomic E-state index is 8.67. The van der Waals surface area contributed by atoms with Gasteiger partial charge in [-0.05, 0) is 12.0 Å². The van der Waals surface area contributed by atoms with Crippen LogP contribution < -0.4 is 10.6 Å².